The fourth-order valence-corrected chi connectivity index (χ4v) is 3.61. The van der Waals surface area contributed by atoms with Crippen molar-refractivity contribution < 1.29 is 4.74 Å². The van der Waals surface area contributed by atoms with Crippen LogP contribution < -0.4 is 10.1 Å². The number of hydrogen-bond donors (Lipinski definition) is 1. The first-order chi connectivity index (χ1) is 9.63. The zero-order chi connectivity index (χ0) is 14.5. The van der Waals surface area contributed by atoms with Gasteiger partial charge in [0.1, 0.15) is 5.75 Å². The summed E-state index contributed by atoms with van der Waals surface area (Å²) in [6.45, 7) is 4.74. The van der Waals surface area contributed by atoms with Gasteiger partial charge in [-0.05, 0) is 68.2 Å². The molecule has 0 radical (unpaired) electrons. The van der Waals surface area contributed by atoms with Crippen molar-refractivity contribution in [2.45, 2.75) is 45.6 Å². The normalized spacial score (nSPS) is 26.8. The van der Waals surface area contributed by atoms with E-state index in [1.165, 1.54) is 24.8 Å². The first-order valence-corrected chi connectivity index (χ1v) is 7.94. The Bertz CT molecular complexity index is 416. The second kappa shape index (κ2) is 7.12. The van der Waals surface area contributed by atoms with Crippen molar-refractivity contribution in [3.63, 3.8) is 0 Å². The largest absolute Gasteiger partial charge is 0.497 e. The van der Waals surface area contributed by atoms with Crippen LogP contribution in [0, 0.1) is 17.8 Å². The molecule has 3 atom stereocenters. The minimum absolute atomic E-state index is 0.663. The van der Waals surface area contributed by atoms with Crippen molar-refractivity contribution in [2.75, 3.05) is 14.2 Å². The van der Waals surface area contributed by atoms with Gasteiger partial charge in [-0.1, -0.05) is 26.0 Å². The highest BCUT2D eigenvalue weighted by Gasteiger charge is 2.30. The summed E-state index contributed by atoms with van der Waals surface area (Å²) < 4.78 is 5.34. The van der Waals surface area contributed by atoms with Crippen LogP contribution in [0.2, 0.25) is 0 Å². The molecule has 1 aliphatic rings. The summed E-state index contributed by atoms with van der Waals surface area (Å²) in [5.74, 6) is 3.41. The number of nitrogens with one attached hydrogen (secondary N) is 1. The van der Waals surface area contributed by atoms with Crippen molar-refractivity contribution in [1.82, 2.24) is 5.32 Å². The summed E-state index contributed by atoms with van der Waals surface area (Å²) in [6.07, 6.45) is 5.19. The number of hydrogen-bond acceptors (Lipinski definition) is 2. The van der Waals surface area contributed by atoms with Crippen LogP contribution in [-0.4, -0.2) is 20.2 Å². The smallest absolute Gasteiger partial charge is 0.119 e. The van der Waals surface area contributed by atoms with Crippen LogP contribution in [0.4, 0.5) is 0 Å². The fraction of sp³-hybridized carbons (Fsp3) is 0.667. The Balaban J connectivity index is 2.06. The first kappa shape index (κ1) is 15.4. The molecule has 1 saturated carbocycles. The van der Waals surface area contributed by atoms with Crippen LogP contribution in [0.5, 0.6) is 5.75 Å². The third kappa shape index (κ3) is 3.76. The van der Waals surface area contributed by atoms with Gasteiger partial charge in [0.05, 0.1) is 7.11 Å². The van der Waals surface area contributed by atoms with E-state index in [0.717, 1.165) is 29.9 Å². The molecule has 1 aromatic carbocycles. The molecule has 3 unspecified atom stereocenters. The van der Waals surface area contributed by atoms with E-state index in [4.69, 9.17) is 4.74 Å². The maximum Gasteiger partial charge on any atom is 0.119 e. The maximum absolute atomic E-state index is 5.34. The van der Waals surface area contributed by atoms with Crippen LogP contribution >= 0.6 is 0 Å². The minimum Gasteiger partial charge on any atom is -0.497 e. The van der Waals surface area contributed by atoms with Gasteiger partial charge in [-0.25, -0.2) is 0 Å². The molecule has 0 spiro atoms. The lowest BCUT2D eigenvalue weighted by atomic mass is 9.72. The van der Waals surface area contributed by atoms with E-state index in [9.17, 15) is 0 Å². The van der Waals surface area contributed by atoms with Crippen LogP contribution in [0.1, 0.15) is 38.7 Å². The molecule has 1 aliphatic carbocycles. The molecule has 2 nitrogen and oxygen atoms in total. The summed E-state index contributed by atoms with van der Waals surface area (Å²) in [5.41, 5.74) is 1.40. The highest BCUT2D eigenvalue weighted by atomic mass is 16.5. The molecule has 2 heteroatoms. The zero-order valence-corrected chi connectivity index (χ0v) is 13.4. The Hall–Kier alpha value is -1.02. The van der Waals surface area contributed by atoms with E-state index in [1.807, 2.05) is 6.07 Å². The molecular weight excluding hydrogens is 246 g/mol. The van der Waals surface area contributed by atoms with Crippen LogP contribution in [-0.2, 0) is 6.42 Å². The van der Waals surface area contributed by atoms with Gasteiger partial charge >= 0.3 is 0 Å². The van der Waals surface area contributed by atoms with E-state index in [1.54, 1.807) is 7.11 Å². The van der Waals surface area contributed by atoms with Crippen molar-refractivity contribution >= 4 is 0 Å². The molecule has 0 aromatic heterocycles. The van der Waals surface area contributed by atoms with Crippen LogP contribution in [0.3, 0.4) is 0 Å². The Kier molecular flexibility index (Phi) is 5.47. The Morgan fingerprint density at radius 3 is 2.75 bits per heavy atom. The Morgan fingerprint density at radius 2 is 2.10 bits per heavy atom. The quantitative estimate of drug-likeness (QED) is 0.880. The average Bonchev–Trinajstić information content (AvgIpc) is 2.47. The third-order valence-corrected chi connectivity index (χ3v) is 4.97. The Morgan fingerprint density at radius 1 is 1.30 bits per heavy atom. The first-order valence-electron chi connectivity index (χ1n) is 7.94. The summed E-state index contributed by atoms with van der Waals surface area (Å²) >= 11 is 0. The monoisotopic (exact) mass is 275 g/mol. The van der Waals surface area contributed by atoms with E-state index in [2.05, 4.69) is 44.4 Å². The molecule has 0 amide bonds. The highest BCUT2D eigenvalue weighted by Crippen LogP contribution is 2.35. The zero-order valence-electron chi connectivity index (χ0n) is 13.4. The second-order valence-electron chi connectivity index (χ2n) is 6.53. The lowest BCUT2D eigenvalue weighted by Crippen LogP contribution is -2.40. The van der Waals surface area contributed by atoms with Crippen molar-refractivity contribution in [3.8, 4) is 5.75 Å². The van der Waals surface area contributed by atoms with E-state index in [-0.39, 0.29) is 0 Å². The molecule has 2 rings (SSSR count). The van der Waals surface area contributed by atoms with Gasteiger partial charge in [-0.15, -0.1) is 0 Å². The van der Waals surface area contributed by atoms with Crippen molar-refractivity contribution in [2.24, 2.45) is 17.8 Å². The molecule has 0 aliphatic heterocycles. The van der Waals surface area contributed by atoms with Crippen LogP contribution in [0.15, 0.2) is 24.3 Å². The number of benzene rings is 1. The van der Waals surface area contributed by atoms with Gasteiger partial charge in [-0.2, -0.15) is 0 Å². The standard InChI is InChI=1S/C18H29NO/c1-13(2)15-8-9-18(19-3)16(12-15)10-14-6-5-7-17(11-14)20-4/h5-7,11,13,15-16,18-19H,8-10,12H2,1-4H3. The van der Waals surface area contributed by atoms with E-state index in [0.29, 0.717) is 6.04 Å². The topological polar surface area (TPSA) is 21.3 Å². The van der Waals surface area contributed by atoms with Crippen molar-refractivity contribution in [1.29, 1.82) is 0 Å². The lowest BCUT2D eigenvalue weighted by Gasteiger charge is -2.38. The predicted molar refractivity (Wildman–Crippen MR) is 85.2 cm³/mol. The van der Waals surface area contributed by atoms with Gasteiger partial charge < -0.3 is 10.1 Å². The van der Waals surface area contributed by atoms with Gasteiger partial charge in [0.2, 0.25) is 0 Å². The summed E-state index contributed by atoms with van der Waals surface area (Å²) in [5, 5.41) is 3.53. The predicted octanol–water partition coefficient (Wildman–Crippen LogP) is 3.90. The number of methoxy groups -OCH3 is 1. The second-order valence-corrected chi connectivity index (χ2v) is 6.53. The molecule has 20 heavy (non-hydrogen) atoms. The Labute approximate surface area is 123 Å². The summed E-state index contributed by atoms with van der Waals surface area (Å²) in [7, 11) is 3.85. The number of rotatable bonds is 5. The van der Waals surface area contributed by atoms with Gasteiger partial charge in [0, 0.05) is 6.04 Å². The molecule has 1 aromatic rings. The van der Waals surface area contributed by atoms with Gasteiger partial charge in [0.25, 0.3) is 0 Å². The highest BCUT2D eigenvalue weighted by molar-refractivity contribution is 5.28. The SMILES string of the molecule is CNC1CCC(C(C)C)CC1Cc1cccc(OC)c1. The molecular formula is C18H29NO. The van der Waals surface area contributed by atoms with E-state index >= 15 is 0 Å². The minimum atomic E-state index is 0.663. The molecule has 0 heterocycles. The van der Waals surface area contributed by atoms with Gasteiger partial charge in [-0.3, -0.25) is 0 Å². The van der Waals surface area contributed by atoms with Crippen LogP contribution in [0.25, 0.3) is 0 Å². The fourth-order valence-electron chi connectivity index (χ4n) is 3.61. The molecule has 1 N–H and O–H groups in total. The lowest BCUT2D eigenvalue weighted by molar-refractivity contribution is 0.172. The molecule has 0 bridgehead atoms. The molecule has 1 fully saturated rings. The average molecular weight is 275 g/mol. The van der Waals surface area contributed by atoms with Gasteiger partial charge in [0.15, 0.2) is 0 Å². The van der Waals surface area contributed by atoms with Crippen molar-refractivity contribution in [3.05, 3.63) is 29.8 Å². The van der Waals surface area contributed by atoms with E-state index < -0.39 is 0 Å². The number of ether oxygens (including phenoxy) is 1. The summed E-state index contributed by atoms with van der Waals surface area (Å²) in [4.78, 5) is 0. The maximum atomic E-state index is 5.34. The molecule has 112 valence electrons. The molecule has 0 saturated heterocycles. The third-order valence-electron chi connectivity index (χ3n) is 4.97. The summed E-state index contributed by atoms with van der Waals surface area (Å²) in [6, 6.07) is 9.21.